The van der Waals surface area contributed by atoms with E-state index in [1.54, 1.807) is 0 Å². The summed E-state index contributed by atoms with van der Waals surface area (Å²) >= 11 is 6.75. The van der Waals surface area contributed by atoms with Gasteiger partial charge in [-0.15, -0.1) is 0 Å². The van der Waals surface area contributed by atoms with E-state index in [1.165, 1.54) is 11.1 Å². The van der Waals surface area contributed by atoms with Crippen LogP contribution in [-0.4, -0.2) is 27.9 Å². The Balaban J connectivity index is 1.83. The second kappa shape index (κ2) is 10.4. The molecule has 1 aliphatic carbocycles. The third-order valence-electron chi connectivity index (χ3n) is 7.84. The number of aryl methyl sites for hydroxylation is 1. The largest absolute Gasteiger partial charge is 0.481 e. The lowest BCUT2D eigenvalue weighted by Crippen LogP contribution is -2.47. The third kappa shape index (κ3) is 6.24. The van der Waals surface area contributed by atoms with Gasteiger partial charge in [0.15, 0.2) is 0 Å². The lowest BCUT2D eigenvalue weighted by atomic mass is 9.67. The molecule has 34 heavy (non-hydrogen) atoms. The zero-order valence-electron chi connectivity index (χ0n) is 21.8. The molecule has 2 aliphatic rings. The van der Waals surface area contributed by atoms with Gasteiger partial charge in [0.25, 0.3) is 0 Å². The van der Waals surface area contributed by atoms with Crippen LogP contribution < -0.4 is 0 Å². The first kappa shape index (κ1) is 26.8. The molecular weight excluding hydrogens is 446 g/mol. The number of carbonyl (C=O) groups is 2. The molecule has 3 rings (SSSR count). The fraction of sp³-hybridized carbons (Fsp3) is 0.655. The van der Waals surface area contributed by atoms with Crippen LogP contribution in [0.2, 0.25) is 5.02 Å². The minimum atomic E-state index is -0.724. The summed E-state index contributed by atoms with van der Waals surface area (Å²) in [4.78, 5) is 26.5. The normalized spacial score (nSPS) is 26.1. The molecular formula is C29H42ClNO3. The summed E-state index contributed by atoms with van der Waals surface area (Å²) in [6.07, 6.45) is 8.28. The van der Waals surface area contributed by atoms with Gasteiger partial charge in [0.2, 0.25) is 5.91 Å². The number of aliphatic carboxylic acids is 1. The fourth-order valence-electron chi connectivity index (χ4n) is 5.70. The van der Waals surface area contributed by atoms with E-state index >= 15 is 0 Å². The maximum absolute atomic E-state index is 13.4. The van der Waals surface area contributed by atoms with Gasteiger partial charge >= 0.3 is 5.97 Å². The van der Waals surface area contributed by atoms with Crippen LogP contribution in [0.4, 0.5) is 0 Å². The van der Waals surface area contributed by atoms with Crippen LogP contribution in [0.25, 0.3) is 0 Å². The van der Waals surface area contributed by atoms with E-state index in [9.17, 15) is 9.59 Å². The van der Waals surface area contributed by atoms with Gasteiger partial charge in [-0.3, -0.25) is 9.59 Å². The van der Waals surface area contributed by atoms with Crippen molar-refractivity contribution in [1.82, 2.24) is 4.90 Å². The molecule has 0 unspecified atom stereocenters. The van der Waals surface area contributed by atoms with Crippen molar-refractivity contribution in [1.29, 1.82) is 0 Å². The van der Waals surface area contributed by atoms with E-state index in [1.807, 2.05) is 4.90 Å². The van der Waals surface area contributed by atoms with Crippen LogP contribution >= 0.6 is 11.6 Å². The van der Waals surface area contributed by atoms with Gasteiger partial charge in [-0.2, -0.15) is 0 Å². The van der Waals surface area contributed by atoms with Crippen LogP contribution in [0.1, 0.15) is 97.6 Å². The highest BCUT2D eigenvalue weighted by Gasteiger charge is 2.42. The molecule has 1 aliphatic heterocycles. The Bertz CT molecular complexity index is 937. The average Bonchev–Trinajstić information content (AvgIpc) is 2.72. The molecule has 0 bridgehead atoms. The Kier molecular flexibility index (Phi) is 8.22. The van der Waals surface area contributed by atoms with Gasteiger partial charge in [-0.1, -0.05) is 65.3 Å². The lowest BCUT2D eigenvalue weighted by Gasteiger charge is -2.45. The summed E-state index contributed by atoms with van der Waals surface area (Å²) in [5, 5.41) is 9.89. The summed E-state index contributed by atoms with van der Waals surface area (Å²) in [5.41, 5.74) is 3.41. The SMILES string of the molecule is CC(C)C1=CN(C2CCC(CC(=O)O)CC2)C(=O)C[C@@]1(C)c1ccc(CCC(C)(C)C)c(Cl)c1. The van der Waals surface area contributed by atoms with Crippen molar-refractivity contribution < 1.29 is 14.7 Å². The number of rotatable bonds is 7. The Labute approximate surface area is 210 Å². The van der Waals surface area contributed by atoms with Crippen molar-refractivity contribution in [3.05, 3.63) is 46.1 Å². The van der Waals surface area contributed by atoms with E-state index < -0.39 is 5.97 Å². The number of benzene rings is 1. The van der Waals surface area contributed by atoms with Crippen molar-refractivity contribution in [2.24, 2.45) is 17.3 Å². The molecule has 5 heteroatoms. The highest BCUT2D eigenvalue weighted by molar-refractivity contribution is 6.31. The van der Waals surface area contributed by atoms with Crippen molar-refractivity contribution in [3.8, 4) is 0 Å². The second-order valence-electron chi connectivity index (χ2n) is 12.2. The predicted octanol–water partition coefficient (Wildman–Crippen LogP) is 7.38. The Hall–Kier alpha value is -1.81. The summed E-state index contributed by atoms with van der Waals surface area (Å²) in [7, 11) is 0. The van der Waals surface area contributed by atoms with Gasteiger partial charge in [0.05, 0.1) is 0 Å². The van der Waals surface area contributed by atoms with Crippen LogP contribution in [0.3, 0.4) is 0 Å². The number of carboxylic acid groups (broad SMARTS) is 1. The van der Waals surface area contributed by atoms with Gasteiger partial charge in [-0.05, 0) is 78.5 Å². The molecule has 1 heterocycles. The standard InChI is InChI=1S/C29H42ClNO3/c1-19(2)24-18-31(23-11-7-20(8-12-23)15-27(33)34)26(32)17-29(24,6)22-10-9-21(25(30)16-22)13-14-28(3,4)5/h9-10,16,18-20,23H,7-8,11-15,17H2,1-6H3,(H,33,34)/t20?,23?,29-/m0/s1. The molecule has 0 radical (unpaired) electrons. The highest BCUT2D eigenvalue weighted by Crippen LogP contribution is 2.45. The molecule has 0 aromatic heterocycles. The first-order valence-electron chi connectivity index (χ1n) is 12.8. The van der Waals surface area contributed by atoms with E-state index in [4.69, 9.17) is 16.7 Å². The zero-order valence-corrected chi connectivity index (χ0v) is 22.5. The first-order valence-corrected chi connectivity index (χ1v) is 13.2. The lowest BCUT2D eigenvalue weighted by molar-refractivity contribution is -0.139. The summed E-state index contributed by atoms with van der Waals surface area (Å²) in [5.74, 6) is -0.0467. The summed E-state index contributed by atoms with van der Waals surface area (Å²) < 4.78 is 0. The molecule has 1 fully saturated rings. The molecule has 1 atom stereocenters. The highest BCUT2D eigenvalue weighted by atomic mass is 35.5. The predicted molar refractivity (Wildman–Crippen MR) is 139 cm³/mol. The average molecular weight is 488 g/mol. The van der Waals surface area contributed by atoms with Crippen LogP contribution in [0, 0.1) is 17.3 Å². The molecule has 1 aromatic rings. The molecule has 1 amide bonds. The van der Waals surface area contributed by atoms with Crippen LogP contribution in [0.15, 0.2) is 30.0 Å². The molecule has 1 N–H and O–H groups in total. The molecule has 188 valence electrons. The minimum absolute atomic E-state index is 0.154. The monoisotopic (exact) mass is 487 g/mol. The van der Waals surface area contributed by atoms with Gasteiger partial charge < -0.3 is 10.0 Å². The zero-order chi connectivity index (χ0) is 25.3. The van der Waals surface area contributed by atoms with E-state index in [0.717, 1.165) is 49.1 Å². The maximum atomic E-state index is 13.4. The molecule has 1 aromatic carbocycles. The van der Waals surface area contributed by atoms with E-state index in [0.29, 0.717) is 12.3 Å². The summed E-state index contributed by atoms with van der Waals surface area (Å²) in [6, 6.07) is 6.56. The van der Waals surface area contributed by atoms with E-state index in [2.05, 4.69) is 65.9 Å². The number of carboxylic acids is 1. The Morgan fingerprint density at radius 2 is 1.85 bits per heavy atom. The van der Waals surface area contributed by atoms with E-state index in [-0.39, 0.29) is 35.1 Å². The Morgan fingerprint density at radius 3 is 2.38 bits per heavy atom. The second-order valence-corrected chi connectivity index (χ2v) is 12.6. The minimum Gasteiger partial charge on any atom is -0.481 e. The third-order valence-corrected chi connectivity index (χ3v) is 8.19. The van der Waals surface area contributed by atoms with Crippen molar-refractivity contribution >= 4 is 23.5 Å². The van der Waals surface area contributed by atoms with Crippen LogP contribution in [-0.2, 0) is 21.4 Å². The number of hydrogen-bond donors (Lipinski definition) is 1. The van der Waals surface area contributed by atoms with Gasteiger partial charge in [-0.25, -0.2) is 0 Å². The smallest absolute Gasteiger partial charge is 0.303 e. The quantitative estimate of drug-likeness (QED) is 0.436. The number of amides is 1. The van der Waals surface area contributed by atoms with Crippen molar-refractivity contribution in [2.45, 2.75) is 104 Å². The Morgan fingerprint density at radius 1 is 1.21 bits per heavy atom. The molecule has 4 nitrogen and oxygen atoms in total. The van der Waals surface area contributed by atoms with Gasteiger partial charge in [0, 0.05) is 35.5 Å². The van der Waals surface area contributed by atoms with Gasteiger partial charge in [0.1, 0.15) is 0 Å². The number of carbonyl (C=O) groups excluding carboxylic acids is 1. The first-order chi connectivity index (χ1) is 15.8. The number of hydrogen-bond acceptors (Lipinski definition) is 2. The number of halogens is 1. The maximum Gasteiger partial charge on any atom is 0.303 e. The topological polar surface area (TPSA) is 57.6 Å². The van der Waals surface area contributed by atoms with Crippen molar-refractivity contribution in [2.75, 3.05) is 0 Å². The molecule has 1 saturated carbocycles. The fourth-order valence-corrected chi connectivity index (χ4v) is 5.98. The van der Waals surface area contributed by atoms with Crippen molar-refractivity contribution in [3.63, 3.8) is 0 Å². The number of nitrogens with zero attached hydrogens (tertiary/aromatic N) is 1. The number of allylic oxidation sites excluding steroid dienone is 1. The van der Waals surface area contributed by atoms with Crippen LogP contribution in [0.5, 0.6) is 0 Å². The molecule has 0 spiro atoms. The molecule has 0 saturated heterocycles. The summed E-state index contributed by atoms with van der Waals surface area (Å²) in [6.45, 7) is 13.3.